The molecule has 1 aliphatic rings. The van der Waals surface area contributed by atoms with Gasteiger partial charge in [0.2, 0.25) is 10.0 Å². The molecule has 0 aromatic heterocycles. The summed E-state index contributed by atoms with van der Waals surface area (Å²) >= 11 is 5.88. The van der Waals surface area contributed by atoms with Crippen molar-refractivity contribution >= 4 is 31.5 Å². The highest BCUT2D eigenvalue weighted by molar-refractivity contribution is 7.92. The largest absolute Gasteiger partial charge is 0.243 e. The van der Waals surface area contributed by atoms with Gasteiger partial charge < -0.3 is 0 Å². The van der Waals surface area contributed by atoms with Gasteiger partial charge in [0, 0.05) is 18.1 Å². The quantitative estimate of drug-likeness (QED) is 0.792. The number of halogens is 1. The Morgan fingerprint density at radius 3 is 2.04 bits per heavy atom. The van der Waals surface area contributed by atoms with E-state index < -0.39 is 25.1 Å². The van der Waals surface area contributed by atoms with Crippen LogP contribution in [0.2, 0.25) is 5.02 Å². The van der Waals surface area contributed by atoms with Gasteiger partial charge in [0.25, 0.3) is 0 Å². The second-order valence-corrected chi connectivity index (χ2v) is 10.5. The Bertz CT molecular complexity index is 951. The number of nitrogens with zero attached hydrogens (tertiary/aromatic N) is 1. The van der Waals surface area contributed by atoms with Crippen molar-refractivity contribution in [3.05, 3.63) is 59.6 Å². The van der Waals surface area contributed by atoms with Gasteiger partial charge in [-0.15, -0.1) is 0 Å². The smallest absolute Gasteiger partial charge is 0.223 e. The predicted molar refractivity (Wildman–Crippen MR) is 96.9 cm³/mol. The molecule has 0 radical (unpaired) electrons. The first-order valence-corrected chi connectivity index (χ1v) is 11.2. The fourth-order valence-corrected chi connectivity index (χ4v) is 6.49. The Labute approximate surface area is 153 Å². The molecule has 0 spiro atoms. The summed E-state index contributed by atoms with van der Waals surface area (Å²) in [6.07, 6.45) is 0.550. The van der Waals surface area contributed by atoms with Crippen molar-refractivity contribution in [2.75, 3.05) is 13.1 Å². The highest BCUT2D eigenvalue weighted by Crippen LogP contribution is 2.28. The van der Waals surface area contributed by atoms with Gasteiger partial charge in [0.1, 0.15) is 0 Å². The molecule has 0 unspecified atom stereocenters. The maximum absolute atomic E-state index is 12.7. The number of sulfonamides is 1. The molecule has 1 heterocycles. The predicted octanol–water partition coefficient (Wildman–Crippen LogP) is 2.97. The lowest BCUT2D eigenvalue weighted by Crippen LogP contribution is -2.42. The molecule has 0 amide bonds. The SMILES string of the molecule is O=S(=O)(c1ccccc1)C1CCN(S(=O)(=O)c2cccc(Cl)c2)CC1. The third-order valence-electron chi connectivity index (χ3n) is 4.35. The second kappa shape index (κ2) is 7.07. The normalized spacial score (nSPS) is 17.5. The van der Waals surface area contributed by atoms with E-state index >= 15 is 0 Å². The van der Waals surface area contributed by atoms with Crippen molar-refractivity contribution in [3.8, 4) is 0 Å². The maximum Gasteiger partial charge on any atom is 0.243 e. The number of hydrogen-bond acceptors (Lipinski definition) is 4. The van der Waals surface area contributed by atoms with Crippen LogP contribution in [0.3, 0.4) is 0 Å². The third-order valence-corrected chi connectivity index (χ3v) is 8.75. The van der Waals surface area contributed by atoms with E-state index in [4.69, 9.17) is 11.6 Å². The monoisotopic (exact) mass is 399 g/mol. The van der Waals surface area contributed by atoms with Crippen molar-refractivity contribution in [2.24, 2.45) is 0 Å². The van der Waals surface area contributed by atoms with Crippen LogP contribution in [0.25, 0.3) is 0 Å². The minimum atomic E-state index is -3.66. The fourth-order valence-electron chi connectivity index (χ4n) is 2.96. The van der Waals surface area contributed by atoms with E-state index in [0.29, 0.717) is 5.02 Å². The number of rotatable bonds is 4. The van der Waals surface area contributed by atoms with E-state index in [1.54, 1.807) is 42.5 Å². The zero-order chi connectivity index (χ0) is 18.1. The zero-order valence-electron chi connectivity index (χ0n) is 13.4. The van der Waals surface area contributed by atoms with Gasteiger partial charge in [-0.1, -0.05) is 35.9 Å². The van der Waals surface area contributed by atoms with Gasteiger partial charge >= 0.3 is 0 Å². The first-order valence-electron chi connectivity index (χ1n) is 7.86. The maximum atomic E-state index is 12.7. The van der Waals surface area contributed by atoms with Gasteiger partial charge in [-0.3, -0.25) is 0 Å². The summed E-state index contributed by atoms with van der Waals surface area (Å²) in [5, 5.41) is -0.219. The Hall–Kier alpha value is -1.41. The van der Waals surface area contributed by atoms with Crippen LogP contribution in [-0.4, -0.2) is 39.5 Å². The van der Waals surface area contributed by atoms with Crippen LogP contribution in [0.15, 0.2) is 64.4 Å². The molecule has 1 fully saturated rings. The van der Waals surface area contributed by atoms with Crippen LogP contribution in [0.4, 0.5) is 0 Å². The van der Waals surface area contributed by atoms with Crippen LogP contribution in [0.5, 0.6) is 0 Å². The van der Waals surface area contributed by atoms with Crippen LogP contribution < -0.4 is 0 Å². The molecule has 0 bridgehead atoms. The molecule has 2 aromatic rings. The number of benzene rings is 2. The number of sulfone groups is 1. The standard InChI is InChI=1S/C17H18ClNO4S2/c18-14-5-4-8-17(13-14)25(22,23)19-11-9-16(10-12-19)24(20,21)15-6-2-1-3-7-15/h1-8,13,16H,9-12H2. The molecule has 1 aliphatic heterocycles. The fraction of sp³-hybridized carbons (Fsp3) is 0.294. The minimum Gasteiger partial charge on any atom is -0.223 e. The van der Waals surface area contributed by atoms with E-state index in [9.17, 15) is 16.8 Å². The van der Waals surface area contributed by atoms with E-state index in [-0.39, 0.29) is 35.7 Å². The van der Waals surface area contributed by atoms with Crippen molar-refractivity contribution in [2.45, 2.75) is 27.9 Å². The van der Waals surface area contributed by atoms with Crippen LogP contribution in [0.1, 0.15) is 12.8 Å². The second-order valence-electron chi connectivity index (χ2n) is 5.92. The minimum absolute atomic E-state index is 0.129. The zero-order valence-corrected chi connectivity index (χ0v) is 15.8. The molecule has 3 rings (SSSR count). The van der Waals surface area contributed by atoms with Gasteiger partial charge in [0.15, 0.2) is 9.84 Å². The Kier molecular flexibility index (Phi) is 5.20. The van der Waals surface area contributed by atoms with Gasteiger partial charge in [-0.05, 0) is 43.2 Å². The van der Waals surface area contributed by atoms with E-state index in [0.717, 1.165) is 0 Å². The average molecular weight is 400 g/mol. The summed E-state index contributed by atoms with van der Waals surface area (Å²) in [6.45, 7) is 0.344. The van der Waals surface area contributed by atoms with Crippen molar-refractivity contribution in [1.29, 1.82) is 0 Å². The van der Waals surface area contributed by atoms with E-state index in [1.807, 2.05) is 0 Å². The van der Waals surface area contributed by atoms with Gasteiger partial charge in [-0.25, -0.2) is 16.8 Å². The summed E-state index contributed by atoms with van der Waals surface area (Å²) in [6, 6.07) is 14.4. The molecule has 0 saturated carbocycles. The molecular weight excluding hydrogens is 382 g/mol. The summed E-state index contributed by atoms with van der Waals surface area (Å²) in [7, 11) is -7.11. The first kappa shape index (κ1) is 18.4. The number of hydrogen-bond donors (Lipinski definition) is 0. The van der Waals surface area contributed by atoms with E-state index in [2.05, 4.69) is 0 Å². The van der Waals surface area contributed by atoms with Crippen LogP contribution in [0, 0.1) is 0 Å². The number of piperidine rings is 1. The van der Waals surface area contributed by atoms with Gasteiger partial charge in [-0.2, -0.15) is 4.31 Å². The van der Waals surface area contributed by atoms with E-state index in [1.165, 1.54) is 16.4 Å². The van der Waals surface area contributed by atoms with Crippen LogP contribution in [-0.2, 0) is 19.9 Å². The lowest BCUT2D eigenvalue weighted by molar-refractivity contribution is 0.345. The summed E-state index contributed by atoms with van der Waals surface area (Å²) in [5.74, 6) is 0. The summed E-state index contributed by atoms with van der Waals surface area (Å²) < 4.78 is 52.0. The van der Waals surface area contributed by atoms with Crippen LogP contribution >= 0.6 is 11.6 Å². The Morgan fingerprint density at radius 1 is 0.840 bits per heavy atom. The molecule has 0 N–H and O–H groups in total. The molecule has 5 nitrogen and oxygen atoms in total. The molecule has 8 heteroatoms. The molecule has 0 aliphatic carbocycles. The molecule has 2 aromatic carbocycles. The molecule has 0 atom stereocenters. The highest BCUT2D eigenvalue weighted by Gasteiger charge is 2.35. The van der Waals surface area contributed by atoms with Crippen molar-refractivity contribution in [1.82, 2.24) is 4.31 Å². The summed E-state index contributed by atoms with van der Waals surface area (Å²) in [4.78, 5) is 0.413. The first-order chi connectivity index (χ1) is 11.8. The Balaban J connectivity index is 1.76. The molecular formula is C17H18ClNO4S2. The third kappa shape index (κ3) is 3.74. The lowest BCUT2D eigenvalue weighted by atomic mass is 10.2. The lowest BCUT2D eigenvalue weighted by Gasteiger charge is -2.31. The Morgan fingerprint density at radius 2 is 1.44 bits per heavy atom. The van der Waals surface area contributed by atoms with Gasteiger partial charge in [0.05, 0.1) is 15.0 Å². The van der Waals surface area contributed by atoms with Crippen molar-refractivity contribution < 1.29 is 16.8 Å². The van der Waals surface area contributed by atoms with Crippen molar-refractivity contribution in [3.63, 3.8) is 0 Å². The molecule has 25 heavy (non-hydrogen) atoms. The highest BCUT2D eigenvalue weighted by atomic mass is 35.5. The molecule has 1 saturated heterocycles. The average Bonchev–Trinajstić information content (AvgIpc) is 2.62. The summed E-state index contributed by atoms with van der Waals surface area (Å²) in [5.41, 5.74) is 0. The molecule has 134 valence electrons. The topological polar surface area (TPSA) is 71.5 Å².